The van der Waals surface area contributed by atoms with Crippen LogP contribution in [-0.2, 0) is 13.0 Å². The number of anilines is 1. The molecule has 3 rings (SSSR count). The van der Waals surface area contributed by atoms with Crippen LogP contribution in [0.1, 0.15) is 11.5 Å². The van der Waals surface area contributed by atoms with Crippen molar-refractivity contribution in [2.45, 2.75) is 13.0 Å². The van der Waals surface area contributed by atoms with E-state index in [-0.39, 0.29) is 13.2 Å². The number of nitrogen functional groups attached to an aromatic ring is 1. The zero-order valence-electron chi connectivity index (χ0n) is 11.5. The summed E-state index contributed by atoms with van der Waals surface area (Å²) in [7, 11) is 0. The zero-order chi connectivity index (χ0) is 14.7. The molecule has 5 heteroatoms. The Hall–Kier alpha value is -2.53. The maximum absolute atomic E-state index is 9.05. The maximum atomic E-state index is 9.05. The molecule has 0 saturated heterocycles. The van der Waals surface area contributed by atoms with Crippen LogP contribution in [0.5, 0.6) is 5.75 Å². The van der Waals surface area contributed by atoms with Gasteiger partial charge in [-0.05, 0) is 30.2 Å². The summed E-state index contributed by atoms with van der Waals surface area (Å²) in [5.74, 6) is 1.22. The third-order valence-electron chi connectivity index (χ3n) is 3.16. The van der Waals surface area contributed by atoms with E-state index < -0.39 is 0 Å². The third-order valence-corrected chi connectivity index (χ3v) is 3.16. The van der Waals surface area contributed by atoms with Gasteiger partial charge in [-0.25, -0.2) is 4.98 Å². The number of oxazole rings is 1. The molecule has 0 bridgehead atoms. The summed E-state index contributed by atoms with van der Waals surface area (Å²) in [6.45, 7) is 0.319. The number of nitrogens with two attached hydrogens (primary N) is 1. The van der Waals surface area contributed by atoms with Crippen molar-refractivity contribution in [3.8, 4) is 5.75 Å². The molecule has 3 N–H and O–H groups in total. The van der Waals surface area contributed by atoms with E-state index in [1.807, 2.05) is 30.3 Å². The average Bonchev–Trinajstić information content (AvgIpc) is 2.88. The van der Waals surface area contributed by atoms with Crippen molar-refractivity contribution in [2.24, 2.45) is 0 Å². The molecular formula is C16H16N2O3. The van der Waals surface area contributed by atoms with E-state index in [1.54, 1.807) is 12.1 Å². The van der Waals surface area contributed by atoms with Crippen LogP contribution in [0.4, 0.5) is 5.69 Å². The fourth-order valence-corrected chi connectivity index (χ4v) is 2.16. The van der Waals surface area contributed by atoms with Crippen molar-refractivity contribution >= 4 is 16.8 Å². The largest absolute Gasteiger partial charge is 0.484 e. The number of aromatic nitrogens is 1. The number of aliphatic hydroxyl groups is 1. The molecule has 21 heavy (non-hydrogen) atoms. The van der Waals surface area contributed by atoms with Gasteiger partial charge in [-0.15, -0.1) is 0 Å². The summed E-state index contributed by atoms with van der Waals surface area (Å²) in [6, 6.07) is 12.9. The second kappa shape index (κ2) is 5.85. The number of nitrogens with zero attached hydrogens (tertiary/aromatic N) is 1. The second-order valence-corrected chi connectivity index (χ2v) is 4.70. The molecule has 5 nitrogen and oxygen atoms in total. The van der Waals surface area contributed by atoms with Crippen LogP contribution < -0.4 is 10.5 Å². The molecule has 0 aliphatic carbocycles. The van der Waals surface area contributed by atoms with Crippen LogP contribution in [0.25, 0.3) is 11.1 Å². The minimum absolute atomic E-state index is 0.0859. The van der Waals surface area contributed by atoms with Gasteiger partial charge in [0, 0.05) is 18.4 Å². The first-order valence-electron chi connectivity index (χ1n) is 6.73. The summed E-state index contributed by atoms with van der Waals surface area (Å²) in [5.41, 5.74) is 8.71. The van der Waals surface area contributed by atoms with Crippen molar-refractivity contribution in [1.82, 2.24) is 4.98 Å². The van der Waals surface area contributed by atoms with Gasteiger partial charge in [0.25, 0.3) is 0 Å². The number of aliphatic hydroxyl groups excluding tert-OH is 1. The zero-order valence-corrected chi connectivity index (χ0v) is 11.5. The standard InChI is InChI=1S/C16H16N2O3/c17-12-5-6-13-15(9-12)21-16(18-13)10-20-14-4-2-1-3-11(14)7-8-19/h1-6,9,19H,7-8,10,17H2. The lowest BCUT2D eigenvalue weighted by molar-refractivity contribution is 0.259. The highest BCUT2D eigenvalue weighted by Gasteiger charge is 2.08. The lowest BCUT2D eigenvalue weighted by Gasteiger charge is -2.08. The Bertz CT molecular complexity index is 752. The van der Waals surface area contributed by atoms with Crippen LogP contribution in [0.2, 0.25) is 0 Å². The van der Waals surface area contributed by atoms with Crippen molar-refractivity contribution in [1.29, 1.82) is 0 Å². The topological polar surface area (TPSA) is 81.5 Å². The van der Waals surface area contributed by atoms with Crippen LogP contribution in [0.15, 0.2) is 46.9 Å². The predicted octanol–water partition coefficient (Wildman–Crippen LogP) is 2.52. The molecule has 1 heterocycles. The van der Waals surface area contributed by atoms with Crippen LogP contribution in [-0.4, -0.2) is 16.7 Å². The number of rotatable bonds is 5. The molecule has 0 radical (unpaired) electrons. The summed E-state index contributed by atoms with van der Waals surface area (Å²) in [4.78, 5) is 4.35. The minimum Gasteiger partial charge on any atom is -0.484 e. The molecule has 108 valence electrons. The lowest BCUT2D eigenvalue weighted by atomic mass is 10.1. The molecule has 3 aromatic rings. The van der Waals surface area contributed by atoms with Gasteiger partial charge in [0.2, 0.25) is 5.89 Å². The molecule has 1 aromatic heterocycles. The number of ether oxygens (including phenoxy) is 1. The SMILES string of the molecule is Nc1ccc2nc(COc3ccccc3CCO)oc2c1. The highest BCUT2D eigenvalue weighted by atomic mass is 16.5. The fourth-order valence-electron chi connectivity index (χ4n) is 2.16. The highest BCUT2D eigenvalue weighted by molar-refractivity contribution is 5.76. The Morgan fingerprint density at radius 2 is 2.05 bits per heavy atom. The van der Waals surface area contributed by atoms with Crippen molar-refractivity contribution in [2.75, 3.05) is 12.3 Å². The Labute approximate surface area is 122 Å². The highest BCUT2D eigenvalue weighted by Crippen LogP contribution is 2.22. The van der Waals surface area contributed by atoms with E-state index in [4.69, 9.17) is 20.0 Å². The average molecular weight is 284 g/mol. The molecule has 0 spiro atoms. The third kappa shape index (κ3) is 2.98. The van der Waals surface area contributed by atoms with Gasteiger partial charge < -0.3 is 20.0 Å². The van der Waals surface area contributed by atoms with E-state index in [2.05, 4.69) is 4.98 Å². The van der Waals surface area contributed by atoms with E-state index in [1.165, 1.54) is 0 Å². The number of fused-ring (bicyclic) bond motifs is 1. The van der Waals surface area contributed by atoms with E-state index in [0.29, 0.717) is 23.6 Å². The summed E-state index contributed by atoms with van der Waals surface area (Å²) < 4.78 is 11.3. The Morgan fingerprint density at radius 3 is 2.90 bits per heavy atom. The van der Waals surface area contributed by atoms with Gasteiger partial charge >= 0.3 is 0 Å². The molecule has 0 atom stereocenters. The quantitative estimate of drug-likeness (QED) is 0.704. The monoisotopic (exact) mass is 284 g/mol. The Balaban J connectivity index is 1.77. The summed E-state index contributed by atoms with van der Waals surface area (Å²) in [6.07, 6.45) is 0.556. The smallest absolute Gasteiger partial charge is 0.233 e. The predicted molar refractivity (Wildman–Crippen MR) is 80.0 cm³/mol. The lowest BCUT2D eigenvalue weighted by Crippen LogP contribution is -2.00. The van der Waals surface area contributed by atoms with Gasteiger partial charge in [-0.1, -0.05) is 18.2 Å². The van der Waals surface area contributed by atoms with Crippen molar-refractivity contribution < 1.29 is 14.3 Å². The first kappa shape index (κ1) is 13.5. The minimum atomic E-state index is 0.0859. The van der Waals surface area contributed by atoms with Crippen LogP contribution >= 0.6 is 0 Å². The maximum Gasteiger partial charge on any atom is 0.233 e. The number of benzene rings is 2. The van der Waals surface area contributed by atoms with Crippen LogP contribution in [0, 0.1) is 0 Å². The van der Waals surface area contributed by atoms with E-state index >= 15 is 0 Å². The number of para-hydroxylation sites is 1. The van der Waals surface area contributed by atoms with Gasteiger partial charge in [0.15, 0.2) is 12.2 Å². The summed E-state index contributed by atoms with van der Waals surface area (Å²) in [5, 5.41) is 9.05. The fraction of sp³-hybridized carbons (Fsp3) is 0.188. The van der Waals surface area contributed by atoms with Gasteiger partial charge in [0.1, 0.15) is 11.3 Å². The molecule has 2 aromatic carbocycles. The molecule has 0 aliphatic heterocycles. The Morgan fingerprint density at radius 1 is 1.19 bits per heavy atom. The van der Waals surface area contributed by atoms with Crippen LogP contribution in [0.3, 0.4) is 0 Å². The molecule has 0 fully saturated rings. The molecular weight excluding hydrogens is 268 g/mol. The van der Waals surface area contributed by atoms with Crippen molar-refractivity contribution in [3.05, 3.63) is 53.9 Å². The van der Waals surface area contributed by atoms with E-state index in [9.17, 15) is 0 Å². The number of hydrogen-bond donors (Lipinski definition) is 2. The number of hydrogen-bond acceptors (Lipinski definition) is 5. The molecule has 0 amide bonds. The van der Waals surface area contributed by atoms with Gasteiger partial charge in [-0.2, -0.15) is 0 Å². The second-order valence-electron chi connectivity index (χ2n) is 4.70. The summed E-state index contributed by atoms with van der Waals surface area (Å²) >= 11 is 0. The normalized spacial score (nSPS) is 10.9. The first-order valence-corrected chi connectivity index (χ1v) is 6.73. The first-order chi connectivity index (χ1) is 10.3. The van der Waals surface area contributed by atoms with Gasteiger partial charge in [0.05, 0.1) is 0 Å². The van der Waals surface area contributed by atoms with Crippen molar-refractivity contribution in [3.63, 3.8) is 0 Å². The Kier molecular flexibility index (Phi) is 3.75. The van der Waals surface area contributed by atoms with Gasteiger partial charge in [-0.3, -0.25) is 0 Å². The molecule has 0 unspecified atom stereocenters. The van der Waals surface area contributed by atoms with E-state index in [0.717, 1.165) is 16.8 Å². The molecule has 0 saturated carbocycles. The molecule has 0 aliphatic rings.